The highest BCUT2D eigenvalue weighted by Gasteiger charge is 2.21. The van der Waals surface area contributed by atoms with Crippen LogP contribution >= 0.6 is 22.9 Å². The first-order valence-electron chi connectivity index (χ1n) is 6.31. The van der Waals surface area contributed by atoms with Crippen molar-refractivity contribution in [2.45, 2.75) is 32.0 Å². The van der Waals surface area contributed by atoms with Crippen molar-refractivity contribution in [1.29, 1.82) is 0 Å². The lowest BCUT2D eigenvalue weighted by molar-refractivity contribution is 0.478. The van der Waals surface area contributed by atoms with Gasteiger partial charge in [0, 0.05) is 47.7 Å². The van der Waals surface area contributed by atoms with E-state index in [4.69, 9.17) is 0 Å². The molecule has 0 amide bonds. The van der Waals surface area contributed by atoms with E-state index in [1.54, 1.807) is 0 Å². The van der Waals surface area contributed by atoms with Crippen LogP contribution in [0.1, 0.15) is 24.0 Å². The summed E-state index contributed by atoms with van der Waals surface area (Å²) >= 11 is 2.41. The summed E-state index contributed by atoms with van der Waals surface area (Å²) in [5.74, 6) is 0. The van der Waals surface area contributed by atoms with Gasteiger partial charge >= 0.3 is 0 Å². The van der Waals surface area contributed by atoms with Crippen LogP contribution in [0.4, 0.5) is 5.69 Å². The number of benzene rings is 1. The van der Waals surface area contributed by atoms with E-state index >= 15 is 0 Å². The quantitative estimate of drug-likeness (QED) is 0.638. The summed E-state index contributed by atoms with van der Waals surface area (Å²) in [6.45, 7) is 4.44. The molecule has 1 aromatic rings. The van der Waals surface area contributed by atoms with Gasteiger partial charge in [0.15, 0.2) is 0 Å². The van der Waals surface area contributed by atoms with Gasteiger partial charge in [-0.3, -0.25) is 0 Å². The molecule has 2 heterocycles. The number of nitrogens with one attached hydrogen (secondary N) is 2. The van der Waals surface area contributed by atoms with Crippen molar-refractivity contribution in [2.75, 3.05) is 18.4 Å². The first-order chi connectivity index (χ1) is 8.33. The van der Waals surface area contributed by atoms with Gasteiger partial charge in [-0.05, 0) is 43.1 Å². The zero-order valence-electron chi connectivity index (χ0n) is 9.88. The topological polar surface area (TPSA) is 27.3 Å². The number of halogens is 1. The monoisotopic (exact) mass is 343 g/mol. The summed E-state index contributed by atoms with van der Waals surface area (Å²) in [6.07, 6.45) is 2.47. The summed E-state index contributed by atoms with van der Waals surface area (Å²) in [7, 11) is 0. The van der Waals surface area contributed by atoms with Crippen LogP contribution < -0.4 is 10.6 Å². The molecule has 0 saturated carbocycles. The second-order valence-electron chi connectivity index (χ2n) is 4.89. The maximum atomic E-state index is 3.73. The van der Waals surface area contributed by atoms with Crippen molar-refractivity contribution < 1.29 is 0 Å². The average molecular weight is 343 g/mol. The fourth-order valence-electron chi connectivity index (χ4n) is 2.70. The van der Waals surface area contributed by atoms with E-state index in [2.05, 4.69) is 54.8 Å². The third-order valence-electron chi connectivity index (χ3n) is 3.64. The van der Waals surface area contributed by atoms with Crippen LogP contribution in [-0.2, 0) is 13.1 Å². The van der Waals surface area contributed by atoms with E-state index in [1.807, 2.05) is 0 Å². The lowest BCUT2D eigenvalue weighted by Crippen LogP contribution is -2.35. The van der Waals surface area contributed by atoms with Crippen molar-refractivity contribution in [3.05, 3.63) is 29.3 Å². The molecule has 0 aromatic heterocycles. The molecule has 92 valence electrons. The summed E-state index contributed by atoms with van der Waals surface area (Å²) in [4.78, 5) is 0. The highest BCUT2D eigenvalue weighted by Crippen LogP contribution is 2.31. The molecule has 0 atom stereocenters. The fraction of sp³-hybridized carbons (Fsp3) is 0.538. The zero-order valence-corrected chi connectivity index (χ0v) is 12.0. The second-order valence-corrected chi connectivity index (χ2v) is 6.26. The Morgan fingerprint density at radius 2 is 2.06 bits per heavy atom. The van der Waals surface area contributed by atoms with Crippen LogP contribution in [0.15, 0.2) is 18.2 Å². The van der Waals surface area contributed by atoms with Crippen LogP contribution in [0.2, 0.25) is 0 Å². The molecule has 1 saturated heterocycles. The maximum absolute atomic E-state index is 3.73. The van der Waals surface area contributed by atoms with Crippen molar-refractivity contribution in [1.82, 2.24) is 8.43 Å². The predicted molar refractivity (Wildman–Crippen MR) is 79.2 cm³/mol. The Morgan fingerprint density at radius 1 is 1.24 bits per heavy atom. The zero-order chi connectivity index (χ0) is 11.7. The molecule has 0 aliphatic carbocycles. The molecule has 3 nitrogen and oxygen atoms in total. The molecule has 4 heteroatoms. The van der Waals surface area contributed by atoms with Gasteiger partial charge in [-0.25, -0.2) is 3.11 Å². The molecular weight excluding hydrogens is 325 g/mol. The Bertz CT molecular complexity index is 402. The summed E-state index contributed by atoms with van der Waals surface area (Å²) < 4.78 is 2.34. The minimum atomic E-state index is 0.644. The van der Waals surface area contributed by atoms with E-state index < -0.39 is 0 Å². The number of hydrogen-bond donors (Lipinski definition) is 2. The standard InChI is InChI=1S/C13H18IN3/c14-17-8-10-2-1-3-13(12(10)9-17)16-11-4-6-15-7-5-11/h1-3,11,15-16H,4-9H2. The Morgan fingerprint density at radius 3 is 2.88 bits per heavy atom. The van der Waals surface area contributed by atoms with Crippen molar-refractivity contribution in [3.8, 4) is 0 Å². The normalized spacial score (nSPS) is 21.5. The van der Waals surface area contributed by atoms with Crippen LogP contribution in [0, 0.1) is 0 Å². The second kappa shape index (κ2) is 5.12. The molecule has 0 unspecified atom stereocenters. The molecule has 3 rings (SSSR count). The molecule has 0 bridgehead atoms. The number of nitrogens with zero attached hydrogens (tertiary/aromatic N) is 1. The summed E-state index contributed by atoms with van der Waals surface area (Å²) in [6, 6.07) is 7.31. The lowest BCUT2D eigenvalue weighted by atomic mass is 10.0. The third-order valence-corrected chi connectivity index (χ3v) is 4.33. The highest BCUT2D eigenvalue weighted by molar-refractivity contribution is 14.1. The van der Waals surface area contributed by atoms with Gasteiger partial charge in [0.05, 0.1) is 0 Å². The van der Waals surface area contributed by atoms with E-state index in [0.717, 1.165) is 26.2 Å². The number of hydrogen-bond acceptors (Lipinski definition) is 3. The maximum Gasteiger partial charge on any atom is 0.0391 e. The summed E-state index contributed by atoms with van der Waals surface area (Å²) in [5, 5.41) is 7.14. The van der Waals surface area contributed by atoms with Crippen LogP contribution in [0.5, 0.6) is 0 Å². The summed E-state index contributed by atoms with van der Waals surface area (Å²) in [5.41, 5.74) is 4.34. The lowest BCUT2D eigenvalue weighted by Gasteiger charge is -2.25. The third kappa shape index (κ3) is 2.58. The number of anilines is 1. The molecule has 2 N–H and O–H groups in total. The Kier molecular flexibility index (Phi) is 3.54. The van der Waals surface area contributed by atoms with E-state index in [9.17, 15) is 0 Å². The molecule has 2 aliphatic rings. The minimum absolute atomic E-state index is 0.644. The first-order valence-corrected chi connectivity index (χ1v) is 7.28. The number of rotatable bonds is 2. The highest BCUT2D eigenvalue weighted by atomic mass is 127. The van der Waals surface area contributed by atoms with Crippen LogP contribution in [0.3, 0.4) is 0 Å². The SMILES string of the molecule is IN1Cc2cccc(NC3CCNCC3)c2C1. The minimum Gasteiger partial charge on any atom is -0.382 e. The molecule has 0 radical (unpaired) electrons. The van der Waals surface area contributed by atoms with Crippen molar-refractivity contribution in [3.63, 3.8) is 0 Å². The van der Waals surface area contributed by atoms with Crippen LogP contribution in [-0.4, -0.2) is 22.2 Å². The predicted octanol–water partition coefficient (Wildman–Crippen LogP) is 2.52. The van der Waals surface area contributed by atoms with Crippen LogP contribution in [0.25, 0.3) is 0 Å². The Balaban J connectivity index is 1.77. The molecule has 1 fully saturated rings. The van der Waals surface area contributed by atoms with Gasteiger partial charge in [-0.2, -0.15) is 0 Å². The largest absolute Gasteiger partial charge is 0.382 e. The van der Waals surface area contributed by atoms with E-state index in [0.29, 0.717) is 6.04 Å². The van der Waals surface area contributed by atoms with Crippen molar-refractivity contribution in [2.24, 2.45) is 0 Å². The molecule has 2 aliphatic heterocycles. The molecule has 17 heavy (non-hydrogen) atoms. The van der Waals surface area contributed by atoms with E-state index in [-0.39, 0.29) is 0 Å². The fourth-order valence-corrected chi connectivity index (χ4v) is 3.41. The average Bonchev–Trinajstić information content (AvgIpc) is 2.72. The van der Waals surface area contributed by atoms with Gasteiger partial charge in [-0.15, -0.1) is 0 Å². The van der Waals surface area contributed by atoms with Crippen molar-refractivity contribution >= 4 is 28.6 Å². The Hall–Kier alpha value is -0.330. The van der Waals surface area contributed by atoms with Gasteiger partial charge in [0.2, 0.25) is 0 Å². The number of piperidine rings is 1. The smallest absolute Gasteiger partial charge is 0.0391 e. The first kappa shape index (κ1) is 11.7. The van der Waals surface area contributed by atoms with E-state index in [1.165, 1.54) is 29.7 Å². The number of fused-ring (bicyclic) bond motifs is 1. The van der Waals surface area contributed by atoms with Gasteiger partial charge in [-0.1, -0.05) is 12.1 Å². The van der Waals surface area contributed by atoms with Gasteiger partial charge < -0.3 is 10.6 Å². The van der Waals surface area contributed by atoms with Gasteiger partial charge in [0.25, 0.3) is 0 Å². The Labute approximate surface area is 116 Å². The molecular formula is C13H18IN3. The molecule has 0 spiro atoms. The molecule has 1 aromatic carbocycles. The van der Waals surface area contributed by atoms with Gasteiger partial charge in [0.1, 0.15) is 0 Å².